The Balaban J connectivity index is 2.55. The highest BCUT2D eigenvalue weighted by Crippen LogP contribution is 2.37. The number of halogens is 1. The molecule has 0 bridgehead atoms. The predicted molar refractivity (Wildman–Crippen MR) is 80.3 cm³/mol. The summed E-state index contributed by atoms with van der Waals surface area (Å²) in [4.78, 5) is 1.38. The average molecular weight is 322 g/mol. The summed E-state index contributed by atoms with van der Waals surface area (Å²) in [6.45, 7) is 6.63. The Bertz CT molecular complexity index is 310. The lowest BCUT2D eigenvalue weighted by Gasteiger charge is -2.19. The van der Waals surface area contributed by atoms with Gasteiger partial charge in [0, 0.05) is 10.9 Å². The van der Waals surface area contributed by atoms with Crippen molar-refractivity contribution in [3.05, 3.63) is 20.8 Å². The third-order valence-corrected chi connectivity index (χ3v) is 5.71. The summed E-state index contributed by atoms with van der Waals surface area (Å²) in [5, 5.41) is 0.440. The molecule has 0 amide bonds. The van der Waals surface area contributed by atoms with Crippen LogP contribution >= 0.6 is 39.0 Å². The van der Waals surface area contributed by atoms with Gasteiger partial charge in [0.15, 0.2) is 0 Å². The quantitative estimate of drug-likeness (QED) is 0.823. The van der Waals surface area contributed by atoms with Gasteiger partial charge in [0.25, 0.3) is 0 Å². The maximum atomic E-state index is 6.07. The van der Waals surface area contributed by atoms with E-state index in [1.54, 1.807) is 11.3 Å². The van der Waals surface area contributed by atoms with Crippen molar-refractivity contribution in [1.82, 2.24) is 0 Å². The van der Waals surface area contributed by atoms with Gasteiger partial charge in [0.05, 0.1) is 9.04 Å². The van der Waals surface area contributed by atoms with Gasteiger partial charge in [0.1, 0.15) is 0 Å². The zero-order chi connectivity index (χ0) is 12.1. The lowest BCUT2D eigenvalue weighted by molar-refractivity contribution is 0.629. The average Bonchev–Trinajstić information content (AvgIpc) is 2.58. The first-order valence-corrected chi connectivity index (χ1v) is 8.29. The van der Waals surface area contributed by atoms with Gasteiger partial charge in [-0.2, -0.15) is 11.8 Å². The molecule has 0 aliphatic rings. The molecule has 1 aromatic rings. The largest absolute Gasteiger partial charge is 0.327 e. The Kier molecular flexibility index (Phi) is 6.40. The molecule has 1 aromatic heterocycles. The Morgan fingerprint density at radius 2 is 2.06 bits per heavy atom. The van der Waals surface area contributed by atoms with E-state index >= 15 is 0 Å². The van der Waals surface area contributed by atoms with Gasteiger partial charge >= 0.3 is 0 Å². The monoisotopic (exact) mass is 321 g/mol. The summed E-state index contributed by atoms with van der Waals surface area (Å²) in [5.41, 5.74) is 6.07. The number of thioether (sulfide) groups is 1. The lowest BCUT2D eigenvalue weighted by atomic mass is 10.2. The van der Waals surface area contributed by atoms with E-state index in [9.17, 15) is 0 Å². The Labute approximate surface area is 115 Å². The highest BCUT2D eigenvalue weighted by molar-refractivity contribution is 9.11. The molecule has 0 saturated heterocycles. The van der Waals surface area contributed by atoms with Gasteiger partial charge in [-0.3, -0.25) is 0 Å². The standard InChI is InChI=1S/C12H20BrNS2/c1-8(2)6-7-15-12(9(3)14)10-4-5-11(13)16-10/h4-5,8-9,12H,6-7,14H2,1-3H3. The summed E-state index contributed by atoms with van der Waals surface area (Å²) in [7, 11) is 0. The van der Waals surface area contributed by atoms with Gasteiger partial charge in [0.2, 0.25) is 0 Å². The summed E-state index contributed by atoms with van der Waals surface area (Å²) in [6.07, 6.45) is 1.26. The van der Waals surface area contributed by atoms with Gasteiger partial charge in [-0.15, -0.1) is 11.3 Å². The van der Waals surface area contributed by atoms with Crippen molar-refractivity contribution >= 4 is 39.0 Å². The van der Waals surface area contributed by atoms with E-state index in [4.69, 9.17) is 5.73 Å². The smallest absolute Gasteiger partial charge is 0.0701 e. The van der Waals surface area contributed by atoms with Gasteiger partial charge in [-0.1, -0.05) is 13.8 Å². The van der Waals surface area contributed by atoms with Crippen molar-refractivity contribution in [3.8, 4) is 0 Å². The topological polar surface area (TPSA) is 26.0 Å². The summed E-state index contributed by atoms with van der Waals surface area (Å²) in [5.74, 6) is 1.97. The molecule has 0 radical (unpaired) electrons. The van der Waals surface area contributed by atoms with Crippen LogP contribution < -0.4 is 5.73 Å². The Hall–Kier alpha value is 0.490. The molecule has 2 atom stereocenters. The number of hydrogen-bond donors (Lipinski definition) is 1. The van der Waals surface area contributed by atoms with E-state index in [1.165, 1.54) is 20.8 Å². The van der Waals surface area contributed by atoms with Crippen LogP contribution in [0.1, 0.15) is 37.3 Å². The third kappa shape index (κ3) is 4.78. The molecule has 1 heterocycles. The molecule has 0 saturated carbocycles. The van der Waals surface area contributed by atoms with E-state index in [1.807, 2.05) is 11.8 Å². The van der Waals surface area contributed by atoms with Crippen LogP contribution in [0.4, 0.5) is 0 Å². The second kappa shape index (κ2) is 7.04. The molecule has 1 nitrogen and oxygen atoms in total. The van der Waals surface area contributed by atoms with Crippen molar-refractivity contribution in [2.75, 3.05) is 5.75 Å². The number of rotatable bonds is 6. The predicted octanol–water partition coefficient (Wildman–Crippen LogP) is 4.68. The van der Waals surface area contributed by atoms with Crippen LogP contribution in [0.2, 0.25) is 0 Å². The van der Waals surface area contributed by atoms with E-state index in [-0.39, 0.29) is 6.04 Å². The van der Waals surface area contributed by atoms with E-state index in [2.05, 4.69) is 48.8 Å². The Morgan fingerprint density at radius 3 is 2.50 bits per heavy atom. The van der Waals surface area contributed by atoms with Crippen molar-refractivity contribution in [3.63, 3.8) is 0 Å². The number of nitrogens with two attached hydrogens (primary N) is 1. The first-order valence-electron chi connectivity index (χ1n) is 5.63. The fourth-order valence-corrected chi connectivity index (χ4v) is 4.68. The second-order valence-electron chi connectivity index (χ2n) is 4.47. The van der Waals surface area contributed by atoms with Crippen LogP contribution in [0.5, 0.6) is 0 Å². The molecule has 0 spiro atoms. The first kappa shape index (κ1) is 14.6. The molecule has 4 heteroatoms. The van der Waals surface area contributed by atoms with Gasteiger partial charge < -0.3 is 5.73 Å². The number of hydrogen-bond acceptors (Lipinski definition) is 3. The summed E-state index contributed by atoms with van der Waals surface area (Å²) in [6, 6.07) is 4.51. The van der Waals surface area contributed by atoms with Gasteiger partial charge in [-0.05, 0) is 53.1 Å². The van der Waals surface area contributed by atoms with E-state index in [0.29, 0.717) is 5.25 Å². The Morgan fingerprint density at radius 1 is 1.38 bits per heavy atom. The summed E-state index contributed by atoms with van der Waals surface area (Å²) >= 11 is 7.30. The van der Waals surface area contributed by atoms with Crippen LogP contribution in [-0.2, 0) is 0 Å². The van der Waals surface area contributed by atoms with Crippen LogP contribution in [0.15, 0.2) is 15.9 Å². The van der Waals surface area contributed by atoms with E-state index in [0.717, 1.165) is 5.92 Å². The first-order chi connectivity index (χ1) is 7.50. The van der Waals surface area contributed by atoms with Crippen molar-refractivity contribution in [1.29, 1.82) is 0 Å². The van der Waals surface area contributed by atoms with Crippen LogP contribution in [-0.4, -0.2) is 11.8 Å². The minimum atomic E-state index is 0.211. The van der Waals surface area contributed by atoms with Crippen molar-refractivity contribution in [2.24, 2.45) is 11.7 Å². The molecule has 0 aliphatic heterocycles. The summed E-state index contributed by atoms with van der Waals surface area (Å²) < 4.78 is 1.19. The molecule has 1 rings (SSSR count). The van der Waals surface area contributed by atoms with Crippen molar-refractivity contribution in [2.45, 2.75) is 38.5 Å². The van der Waals surface area contributed by atoms with Crippen molar-refractivity contribution < 1.29 is 0 Å². The molecule has 2 unspecified atom stereocenters. The SMILES string of the molecule is CC(C)CCSC(c1ccc(Br)s1)C(C)N. The van der Waals surface area contributed by atoms with Gasteiger partial charge in [-0.25, -0.2) is 0 Å². The fourth-order valence-electron chi connectivity index (χ4n) is 1.40. The van der Waals surface area contributed by atoms with Crippen LogP contribution in [0.3, 0.4) is 0 Å². The molecule has 0 fully saturated rings. The molecular formula is C12H20BrNS2. The third-order valence-electron chi connectivity index (χ3n) is 2.34. The van der Waals surface area contributed by atoms with Crippen LogP contribution in [0, 0.1) is 5.92 Å². The molecule has 16 heavy (non-hydrogen) atoms. The molecular weight excluding hydrogens is 302 g/mol. The maximum Gasteiger partial charge on any atom is 0.0701 e. The minimum Gasteiger partial charge on any atom is -0.327 e. The fraction of sp³-hybridized carbons (Fsp3) is 0.667. The lowest BCUT2D eigenvalue weighted by Crippen LogP contribution is -2.22. The minimum absolute atomic E-state index is 0.211. The highest BCUT2D eigenvalue weighted by Gasteiger charge is 2.18. The maximum absolute atomic E-state index is 6.07. The number of thiophene rings is 1. The molecule has 0 aliphatic carbocycles. The zero-order valence-corrected chi connectivity index (χ0v) is 13.3. The molecule has 0 aromatic carbocycles. The zero-order valence-electron chi connectivity index (χ0n) is 10.1. The molecule has 92 valence electrons. The second-order valence-corrected chi connectivity index (χ2v) is 8.22. The molecule has 2 N–H and O–H groups in total. The van der Waals surface area contributed by atoms with E-state index < -0.39 is 0 Å². The highest BCUT2D eigenvalue weighted by atomic mass is 79.9. The van der Waals surface area contributed by atoms with Crippen LogP contribution in [0.25, 0.3) is 0 Å². The normalized spacial score (nSPS) is 15.4.